The van der Waals surface area contributed by atoms with Gasteiger partial charge in [-0.2, -0.15) is 10.4 Å². The number of aliphatic imine (C=N–C) groups is 1. The minimum Gasteiger partial charge on any atom is -0.338 e. The number of benzene rings is 2. The number of nitrogens with zero attached hydrogens (tertiary/aromatic N) is 3. The molecule has 0 aliphatic heterocycles. The molecule has 158 valence electrons. The molecular weight excluding hydrogens is 540 g/mol. The fourth-order valence-electron chi connectivity index (χ4n) is 2.44. The van der Waals surface area contributed by atoms with Crippen LogP contribution in [-0.4, -0.2) is 16.4 Å². The van der Waals surface area contributed by atoms with E-state index in [9.17, 15) is 24.7 Å². The number of nitrogens with one attached hydrogen (secondary N) is 2. The first kappa shape index (κ1) is 22.0. The average Bonchev–Trinajstić information content (AvgIpc) is 3.06. The number of anilines is 2. The zero-order chi connectivity index (χ0) is 22.1. The summed E-state index contributed by atoms with van der Waals surface area (Å²) in [5, 5.41) is 19.0. The van der Waals surface area contributed by atoms with Gasteiger partial charge in [-0.25, -0.2) is 4.99 Å². The van der Waals surface area contributed by atoms with E-state index in [-0.39, 0.29) is 22.8 Å². The molecule has 12 heteroatoms. The quantitative estimate of drug-likeness (QED) is 0.145. The van der Waals surface area contributed by atoms with Gasteiger partial charge >= 0.3 is 10.2 Å². The molecular formula is C18H13F5IN5S. The van der Waals surface area contributed by atoms with Gasteiger partial charge in [-0.15, -0.1) is 0 Å². The molecule has 0 aliphatic carbocycles. The second kappa shape index (κ2) is 7.24. The fourth-order valence-corrected chi connectivity index (χ4v) is 3.57. The molecule has 0 atom stereocenters. The monoisotopic (exact) mass is 553 g/mol. The SMILES string of the molecule is N#Cc1c(Nc2cccc(CI)c2)n[nH]c1/N=C/c1ccc(S(F)(F)(F)(F)F)cc1. The first-order chi connectivity index (χ1) is 13.9. The molecule has 0 radical (unpaired) electrons. The third kappa shape index (κ3) is 5.28. The predicted molar refractivity (Wildman–Crippen MR) is 116 cm³/mol. The van der Waals surface area contributed by atoms with E-state index in [4.69, 9.17) is 0 Å². The van der Waals surface area contributed by atoms with Gasteiger partial charge in [-0.3, -0.25) is 5.10 Å². The van der Waals surface area contributed by atoms with Gasteiger partial charge < -0.3 is 5.32 Å². The summed E-state index contributed by atoms with van der Waals surface area (Å²) in [6, 6.07) is 11.8. The number of nitriles is 1. The topological polar surface area (TPSA) is 76.9 Å². The molecule has 3 rings (SSSR count). The van der Waals surface area contributed by atoms with E-state index in [1.807, 2.05) is 24.3 Å². The van der Waals surface area contributed by atoms with Crippen molar-refractivity contribution in [1.82, 2.24) is 10.2 Å². The third-order valence-corrected chi connectivity index (χ3v) is 5.92. The van der Waals surface area contributed by atoms with Crippen molar-refractivity contribution in [1.29, 1.82) is 5.26 Å². The van der Waals surface area contributed by atoms with Crippen LogP contribution in [0.1, 0.15) is 16.7 Å². The maximum absolute atomic E-state index is 12.8. The van der Waals surface area contributed by atoms with Gasteiger partial charge in [0.25, 0.3) is 0 Å². The largest absolute Gasteiger partial charge is 0.338 e. The van der Waals surface area contributed by atoms with Crippen LogP contribution in [0, 0.1) is 11.3 Å². The molecule has 0 unspecified atom stereocenters. The molecule has 0 fully saturated rings. The van der Waals surface area contributed by atoms with Crippen molar-refractivity contribution in [3.8, 4) is 6.07 Å². The van der Waals surface area contributed by atoms with Crippen LogP contribution in [0.25, 0.3) is 0 Å². The van der Waals surface area contributed by atoms with E-state index >= 15 is 0 Å². The van der Waals surface area contributed by atoms with E-state index < -0.39 is 15.1 Å². The minimum absolute atomic E-state index is 0.0711. The Labute approximate surface area is 181 Å². The normalized spacial score (nSPS) is 14.2. The highest BCUT2D eigenvalue weighted by Gasteiger charge is 2.65. The first-order valence-electron chi connectivity index (χ1n) is 8.18. The number of alkyl halides is 1. The molecule has 0 amide bonds. The van der Waals surface area contributed by atoms with Crippen molar-refractivity contribution >= 4 is 56.4 Å². The number of rotatable bonds is 6. The lowest BCUT2D eigenvalue weighted by molar-refractivity contribution is 0.364. The van der Waals surface area contributed by atoms with Gasteiger partial charge in [0.2, 0.25) is 0 Å². The Kier molecular flexibility index (Phi) is 5.32. The summed E-state index contributed by atoms with van der Waals surface area (Å²) < 4.78 is 64.6. The summed E-state index contributed by atoms with van der Waals surface area (Å²) in [6.45, 7) is 0. The minimum atomic E-state index is -9.72. The van der Waals surface area contributed by atoms with Gasteiger partial charge in [0.15, 0.2) is 11.6 Å². The van der Waals surface area contributed by atoms with E-state index in [2.05, 4.69) is 43.1 Å². The van der Waals surface area contributed by atoms with Gasteiger partial charge in [0, 0.05) is 16.3 Å². The Bertz CT molecular complexity index is 1150. The summed E-state index contributed by atoms with van der Waals surface area (Å²) in [5.74, 6) is 0.299. The zero-order valence-corrected chi connectivity index (χ0v) is 17.9. The number of H-pyrrole nitrogens is 1. The van der Waals surface area contributed by atoms with Gasteiger partial charge in [-0.05, 0) is 35.4 Å². The maximum atomic E-state index is 12.8. The van der Waals surface area contributed by atoms with Gasteiger partial charge in [0.1, 0.15) is 16.5 Å². The van der Waals surface area contributed by atoms with Crippen LogP contribution in [0.2, 0.25) is 0 Å². The number of aromatic nitrogens is 2. The molecule has 3 aromatic rings. The molecule has 2 N–H and O–H groups in total. The van der Waals surface area contributed by atoms with E-state index in [1.54, 1.807) is 6.07 Å². The molecule has 30 heavy (non-hydrogen) atoms. The molecule has 1 aromatic heterocycles. The summed E-state index contributed by atoms with van der Waals surface area (Å²) in [5.41, 5.74) is 2.02. The summed E-state index contributed by atoms with van der Waals surface area (Å²) in [4.78, 5) is 2.02. The molecule has 0 bridgehead atoms. The third-order valence-electron chi connectivity index (χ3n) is 3.87. The lowest BCUT2D eigenvalue weighted by atomic mass is 10.2. The van der Waals surface area contributed by atoms with Crippen LogP contribution >= 0.6 is 32.8 Å². The summed E-state index contributed by atoms with van der Waals surface area (Å²) in [6.07, 6.45) is 1.14. The van der Waals surface area contributed by atoms with Crippen molar-refractivity contribution in [2.24, 2.45) is 4.99 Å². The second-order valence-electron chi connectivity index (χ2n) is 6.16. The van der Waals surface area contributed by atoms with Crippen molar-refractivity contribution in [3.63, 3.8) is 0 Å². The lowest BCUT2D eigenvalue weighted by Gasteiger charge is -2.40. The number of hydrogen-bond acceptors (Lipinski definition) is 4. The molecule has 1 heterocycles. The summed E-state index contributed by atoms with van der Waals surface area (Å²) >= 11 is 2.22. The maximum Gasteiger partial charge on any atom is 0.310 e. The Balaban J connectivity index is 1.82. The highest BCUT2D eigenvalue weighted by molar-refractivity contribution is 14.1. The standard InChI is InChI=1S/C18H13F5IN5S/c19-30(20,21,22,23)15-6-4-12(5-7-15)11-26-17-16(10-25)18(29-28-17)27-14-3-1-2-13(8-14)9-24/h1-8,11H,9H2,(H2,27,28,29)/b26-11+. The molecule has 5 nitrogen and oxygen atoms in total. The van der Waals surface area contributed by atoms with Gasteiger partial charge in [0.05, 0.1) is 0 Å². The van der Waals surface area contributed by atoms with Crippen LogP contribution in [0.3, 0.4) is 0 Å². The van der Waals surface area contributed by atoms with Crippen LogP contribution in [0.5, 0.6) is 0 Å². The molecule has 0 spiro atoms. The highest BCUT2D eigenvalue weighted by atomic mass is 127. The second-order valence-corrected chi connectivity index (χ2v) is 9.33. The first-order valence-corrected chi connectivity index (χ1v) is 11.7. The molecule has 2 aromatic carbocycles. The molecule has 0 saturated carbocycles. The number of aromatic amines is 1. The van der Waals surface area contributed by atoms with Crippen molar-refractivity contribution in [2.45, 2.75) is 9.32 Å². The van der Waals surface area contributed by atoms with Crippen LogP contribution in [0.4, 0.5) is 36.8 Å². The smallest absolute Gasteiger partial charge is 0.310 e. The van der Waals surface area contributed by atoms with E-state index in [0.717, 1.165) is 28.3 Å². The molecule has 0 saturated heterocycles. The summed E-state index contributed by atoms with van der Waals surface area (Å²) in [7, 11) is -9.72. The fraction of sp³-hybridized carbons (Fsp3) is 0.0556. The van der Waals surface area contributed by atoms with Crippen LogP contribution in [0.15, 0.2) is 58.4 Å². The van der Waals surface area contributed by atoms with E-state index in [1.165, 1.54) is 0 Å². The predicted octanol–water partition coefficient (Wildman–Crippen LogP) is 7.37. The van der Waals surface area contributed by atoms with Crippen molar-refractivity contribution in [2.75, 3.05) is 5.32 Å². The molecule has 0 aliphatic rings. The van der Waals surface area contributed by atoms with Gasteiger partial charge in [-0.1, -0.05) is 66.3 Å². The van der Waals surface area contributed by atoms with Crippen LogP contribution < -0.4 is 5.32 Å². The number of halogens is 6. The Morgan fingerprint density at radius 3 is 2.43 bits per heavy atom. The van der Waals surface area contributed by atoms with Crippen molar-refractivity contribution < 1.29 is 19.4 Å². The highest BCUT2D eigenvalue weighted by Crippen LogP contribution is 3.02. The Morgan fingerprint density at radius 1 is 1.13 bits per heavy atom. The number of hydrogen-bond donors (Lipinski definition) is 2. The average molecular weight is 553 g/mol. The Hall–Kier alpha value is -2.66. The van der Waals surface area contributed by atoms with Crippen LogP contribution in [-0.2, 0) is 4.43 Å². The zero-order valence-electron chi connectivity index (χ0n) is 14.9. The van der Waals surface area contributed by atoms with Crippen molar-refractivity contribution in [3.05, 3.63) is 65.2 Å². The lowest BCUT2D eigenvalue weighted by Crippen LogP contribution is -2.05. The van der Waals surface area contributed by atoms with E-state index in [0.29, 0.717) is 17.8 Å². The Morgan fingerprint density at radius 2 is 1.83 bits per heavy atom.